The fourth-order valence-corrected chi connectivity index (χ4v) is 1.97. The second kappa shape index (κ2) is 6.19. The van der Waals surface area contributed by atoms with Gasteiger partial charge in [-0.15, -0.1) is 0 Å². The Balaban J connectivity index is 2.20. The zero-order valence-electron chi connectivity index (χ0n) is 10.7. The molecule has 1 aromatic rings. The highest BCUT2D eigenvalue weighted by Gasteiger charge is 2.33. The van der Waals surface area contributed by atoms with Crippen LogP contribution in [0.1, 0.15) is 5.56 Å². The van der Waals surface area contributed by atoms with Gasteiger partial charge in [-0.25, -0.2) is 18.5 Å². The van der Waals surface area contributed by atoms with E-state index in [1.165, 1.54) is 0 Å². The van der Waals surface area contributed by atoms with Gasteiger partial charge in [0, 0.05) is 11.0 Å². The zero-order valence-corrected chi connectivity index (χ0v) is 10.7. The molecule has 9 heteroatoms. The van der Waals surface area contributed by atoms with E-state index in [1.54, 1.807) is 0 Å². The monoisotopic (exact) mass is 296 g/mol. The smallest absolute Gasteiger partial charge is 0.416 e. The number of halogens is 2. The summed E-state index contributed by atoms with van der Waals surface area (Å²) >= 11 is 0. The summed E-state index contributed by atoms with van der Waals surface area (Å²) in [7, 11) is 0. The van der Waals surface area contributed by atoms with Gasteiger partial charge in [-0.05, 0) is 29.6 Å². The molecule has 1 saturated heterocycles. The predicted octanol–water partition coefficient (Wildman–Crippen LogP) is 2.17. The molecule has 0 unspecified atom stereocenters. The van der Waals surface area contributed by atoms with Crippen molar-refractivity contribution in [2.45, 2.75) is 12.5 Å². The molecule has 0 saturated carbocycles. The first kappa shape index (κ1) is 14.7. The summed E-state index contributed by atoms with van der Waals surface area (Å²) in [6.07, 6.45) is -1.05. The number of hydrogen-bond donors (Lipinski definition) is 0. The molecule has 21 heavy (non-hydrogen) atoms. The highest BCUT2D eigenvalue weighted by Crippen LogP contribution is 2.15. The molecular weight excluding hydrogens is 286 g/mol. The molecular formula is C12H10F2N4O3. The fraction of sp³-hybridized carbons (Fsp3) is 0.333. The fourth-order valence-electron chi connectivity index (χ4n) is 1.97. The Morgan fingerprint density at radius 1 is 1.43 bits per heavy atom. The Morgan fingerprint density at radius 2 is 2.10 bits per heavy atom. The third-order valence-corrected chi connectivity index (χ3v) is 2.85. The molecule has 1 heterocycles. The first-order valence-electron chi connectivity index (χ1n) is 5.98. The maximum absolute atomic E-state index is 13.1. The summed E-state index contributed by atoms with van der Waals surface area (Å²) in [5, 5.41) is 3.29. The second-order valence-corrected chi connectivity index (χ2v) is 4.31. The highest BCUT2D eigenvalue weighted by molar-refractivity contribution is 5.96. The van der Waals surface area contributed by atoms with Gasteiger partial charge in [-0.1, -0.05) is 5.11 Å². The maximum atomic E-state index is 13.1. The lowest BCUT2D eigenvalue weighted by Gasteiger charge is -2.16. The van der Waals surface area contributed by atoms with Gasteiger partial charge in [0.2, 0.25) is 5.91 Å². The molecule has 1 aromatic carbocycles. The van der Waals surface area contributed by atoms with Crippen LogP contribution in [-0.4, -0.2) is 36.1 Å². The van der Waals surface area contributed by atoms with Crippen molar-refractivity contribution in [3.8, 4) is 0 Å². The number of carbonyl (C=O) groups is 2. The number of carbonyl (C=O) groups excluding carboxylic acids is 2. The van der Waals surface area contributed by atoms with Crippen molar-refractivity contribution in [1.29, 1.82) is 0 Å². The lowest BCUT2D eigenvalue weighted by Crippen LogP contribution is -2.39. The number of ether oxygens (including phenoxy) is 1. The van der Waals surface area contributed by atoms with E-state index in [0.29, 0.717) is 6.07 Å². The van der Waals surface area contributed by atoms with Gasteiger partial charge >= 0.3 is 6.09 Å². The van der Waals surface area contributed by atoms with Crippen molar-refractivity contribution >= 4 is 12.0 Å². The molecule has 1 aliphatic rings. The van der Waals surface area contributed by atoms with Crippen molar-refractivity contribution in [2.24, 2.45) is 5.11 Å². The van der Waals surface area contributed by atoms with Crippen LogP contribution in [0.5, 0.6) is 0 Å². The quantitative estimate of drug-likeness (QED) is 0.484. The SMILES string of the molecule is [N-]=[N+]=N[C@@H](Cc1cc(F)cc(F)c1)C(=O)N1CCOC1=O. The molecule has 0 radical (unpaired) electrons. The lowest BCUT2D eigenvalue weighted by atomic mass is 10.1. The number of benzene rings is 1. The van der Waals surface area contributed by atoms with Gasteiger partial charge in [-0.3, -0.25) is 4.79 Å². The Hall–Kier alpha value is -2.67. The molecule has 1 atom stereocenters. The minimum Gasteiger partial charge on any atom is -0.447 e. The van der Waals surface area contributed by atoms with Crippen molar-refractivity contribution < 1.29 is 23.1 Å². The molecule has 0 bridgehead atoms. The van der Waals surface area contributed by atoms with Crippen LogP contribution in [0.4, 0.5) is 13.6 Å². The van der Waals surface area contributed by atoms with Gasteiger partial charge in [0.25, 0.3) is 0 Å². The largest absolute Gasteiger partial charge is 0.447 e. The van der Waals surface area contributed by atoms with Crippen LogP contribution in [0.3, 0.4) is 0 Å². The van der Waals surface area contributed by atoms with Crippen LogP contribution in [0, 0.1) is 11.6 Å². The summed E-state index contributed by atoms with van der Waals surface area (Å²) < 4.78 is 30.8. The van der Waals surface area contributed by atoms with E-state index >= 15 is 0 Å². The van der Waals surface area contributed by atoms with Gasteiger partial charge in [-0.2, -0.15) is 0 Å². The van der Waals surface area contributed by atoms with E-state index in [0.717, 1.165) is 17.0 Å². The number of rotatable bonds is 4. The average Bonchev–Trinajstić information content (AvgIpc) is 2.82. The first-order chi connectivity index (χ1) is 10.0. The van der Waals surface area contributed by atoms with E-state index in [4.69, 9.17) is 5.53 Å². The Labute approximate surface area is 117 Å². The third-order valence-electron chi connectivity index (χ3n) is 2.85. The minimum atomic E-state index is -1.28. The van der Waals surface area contributed by atoms with Crippen molar-refractivity contribution in [3.05, 3.63) is 45.8 Å². The van der Waals surface area contributed by atoms with Crippen LogP contribution in [-0.2, 0) is 16.0 Å². The van der Waals surface area contributed by atoms with Gasteiger partial charge in [0.1, 0.15) is 24.3 Å². The molecule has 1 fully saturated rings. The molecule has 7 nitrogen and oxygen atoms in total. The summed E-state index contributed by atoms with van der Waals surface area (Å²) in [5.41, 5.74) is 8.65. The second-order valence-electron chi connectivity index (χ2n) is 4.31. The van der Waals surface area contributed by atoms with E-state index in [-0.39, 0.29) is 25.1 Å². The molecule has 0 aromatic heterocycles. The molecule has 1 aliphatic heterocycles. The number of amides is 2. The Morgan fingerprint density at radius 3 is 2.62 bits per heavy atom. The van der Waals surface area contributed by atoms with E-state index in [1.807, 2.05) is 0 Å². The average molecular weight is 296 g/mol. The molecule has 2 amide bonds. The number of nitrogens with zero attached hydrogens (tertiary/aromatic N) is 4. The summed E-state index contributed by atoms with van der Waals surface area (Å²) in [4.78, 5) is 26.7. The number of imide groups is 1. The van der Waals surface area contributed by atoms with Gasteiger partial charge in [0.15, 0.2) is 0 Å². The first-order valence-corrected chi connectivity index (χ1v) is 5.98. The number of cyclic esters (lactones) is 1. The maximum Gasteiger partial charge on any atom is 0.416 e. The van der Waals surface area contributed by atoms with Crippen LogP contribution in [0.25, 0.3) is 10.4 Å². The number of hydrogen-bond acceptors (Lipinski definition) is 4. The molecule has 0 aliphatic carbocycles. The van der Waals surface area contributed by atoms with E-state index < -0.39 is 29.7 Å². The summed E-state index contributed by atoms with van der Waals surface area (Å²) in [6, 6.07) is 1.46. The summed E-state index contributed by atoms with van der Waals surface area (Å²) in [6.45, 7) is 0.106. The van der Waals surface area contributed by atoms with Crippen molar-refractivity contribution in [1.82, 2.24) is 4.90 Å². The molecule has 110 valence electrons. The van der Waals surface area contributed by atoms with Crippen molar-refractivity contribution in [2.75, 3.05) is 13.2 Å². The number of azide groups is 1. The third kappa shape index (κ3) is 3.46. The van der Waals surface area contributed by atoms with Crippen LogP contribution < -0.4 is 0 Å². The van der Waals surface area contributed by atoms with Crippen LogP contribution in [0.15, 0.2) is 23.3 Å². The molecule has 0 spiro atoms. The van der Waals surface area contributed by atoms with Gasteiger partial charge in [0.05, 0.1) is 6.54 Å². The molecule has 2 rings (SSSR count). The predicted molar refractivity (Wildman–Crippen MR) is 66.1 cm³/mol. The molecule has 0 N–H and O–H groups in total. The van der Waals surface area contributed by atoms with E-state index in [9.17, 15) is 18.4 Å². The Bertz CT molecular complexity index is 611. The Kier molecular flexibility index (Phi) is 4.34. The van der Waals surface area contributed by atoms with Crippen molar-refractivity contribution in [3.63, 3.8) is 0 Å². The van der Waals surface area contributed by atoms with E-state index in [2.05, 4.69) is 14.8 Å². The standard InChI is InChI=1S/C12H10F2N4O3/c13-8-3-7(4-9(14)6-8)5-10(16-17-15)11(19)18-1-2-21-12(18)20/h3-4,6,10H,1-2,5H2/t10-/m0/s1. The van der Waals surface area contributed by atoms with Crippen LogP contribution in [0.2, 0.25) is 0 Å². The van der Waals surface area contributed by atoms with Crippen LogP contribution >= 0.6 is 0 Å². The lowest BCUT2D eigenvalue weighted by molar-refractivity contribution is -0.129. The highest BCUT2D eigenvalue weighted by atomic mass is 19.1. The topological polar surface area (TPSA) is 95.4 Å². The zero-order chi connectivity index (χ0) is 15.4. The summed E-state index contributed by atoms with van der Waals surface area (Å²) in [5.74, 6) is -2.38. The minimum absolute atomic E-state index is 0.0482. The normalized spacial score (nSPS) is 15.3. The van der Waals surface area contributed by atoms with Gasteiger partial charge < -0.3 is 4.74 Å².